The molecule has 0 aromatic heterocycles. The highest BCUT2D eigenvalue weighted by atomic mass is 16.6. The van der Waals surface area contributed by atoms with Gasteiger partial charge < -0.3 is 19.5 Å². The Kier molecular flexibility index (Phi) is 5.94. The maximum atomic E-state index is 12.7. The molecule has 0 bridgehead atoms. The molecule has 2 aliphatic rings. The lowest BCUT2D eigenvalue weighted by Gasteiger charge is -2.24. The molecule has 1 N–H and O–H groups in total. The average molecular weight is 431 g/mol. The summed E-state index contributed by atoms with van der Waals surface area (Å²) in [5.74, 6) is 2.11. The number of rotatable bonds is 5. The van der Waals surface area contributed by atoms with E-state index in [4.69, 9.17) is 14.2 Å². The molecule has 0 saturated heterocycles. The maximum Gasteiger partial charge on any atom is 0.251 e. The van der Waals surface area contributed by atoms with Gasteiger partial charge in [0, 0.05) is 37.3 Å². The third-order valence-electron chi connectivity index (χ3n) is 5.75. The molecular formula is C26H26N2O4. The van der Waals surface area contributed by atoms with Crippen LogP contribution in [0, 0.1) is 0 Å². The maximum absolute atomic E-state index is 12.7. The van der Waals surface area contributed by atoms with Gasteiger partial charge in [-0.15, -0.1) is 0 Å². The highest BCUT2D eigenvalue weighted by Crippen LogP contribution is 2.32. The van der Waals surface area contributed by atoms with E-state index in [0.717, 1.165) is 36.5 Å². The van der Waals surface area contributed by atoms with Crippen LogP contribution in [0.4, 0.5) is 0 Å². The number of para-hydroxylation sites is 1. The largest absolute Gasteiger partial charge is 0.486 e. The lowest BCUT2D eigenvalue weighted by Crippen LogP contribution is -2.36. The van der Waals surface area contributed by atoms with Gasteiger partial charge >= 0.3 is 0 Å². The Morgan fingerprint density at radius 1 is 0.906 bits per heavy atom. The summed E-state index contributed by atoms with van der Waals surface area (Å²) in [5.41, 5.74) is 2.87. The Morgan fingerprint density at radius 2 is 1.69 bits per heavy atom. The smallest absolute Gasteiger partial charge is 0.251 e. The molecule has 0 saturated carbocycles. The molecule has 3 aromatic carbocycles. The van der Waals surface area contributed by atoms with Gasteiger partial charge in [-0.2, -0.15) is 0 Å². The third kappa shape index (κ3) is 4.55. The number of amides is 1. The molecule has 2 aliphatic heterocycles. The van der Waals surface area contributed by atoms with Crippen LogP contribution in [0.15, 0.2) is 72.8 Å². The van der Waals surface area contributed by atoms with Crippen molar-refractivity contribution in [1.29, 1.82) is 0 Å². The van der Waals surface area contributed by atoms with Crippen molar-refractivity contribution in [3.05, 3.63) is 89.5 Å². The van der Waals surface area contributed by atoms with E-state index in [2.05, 4.69) is 28.4 Å². The minimum absolute atomic E-state index is 0.0617. The van der Waals surface area contributed by atoms with E-state index in [1.54, 1.807) is 18.2 Å². The third-order valence-corrected chi connectivity index (χ3v) is 5.75. The molecule has 164 valence electrons. The molecule has 0 aliphatic carbocycles. The van der Waals surface area contributed by atoms with E-state index in [9.17, 15) is 4.79 Å². The highest BCUT2D eigenvalue weighted by molar-refractivity contribution is 5.94. The molecule has 1 unspecified atom stereocenters. The summed E-state index contributed by atoms with van der Waals surface area (Å²) in [4.78, 5) is 15.0. The molecule has 6 nitrogen and oxygen atoms in total. The number of benzene rings is 3. The zero-order valence-electron chi connectivity index (χ0n) is 17.8. The summed E-state index contributed by atoms with van der Waals surface area (Å²) in [6.07, 6.45) is -0.0617. The number of fused-ring (bicyclic) bond motifs is 2. The van der Waals surface area contributed by atoms with E-state index < -0.39 is 0 Å². The predicted molar refractivity (Wildman–Crippen MR) is 121 cm³/mol. The number of nitrogens with one attached hydrogen (secondary N) is 1. The van der Waals surface area contributed by atoms with Gasteiger partial charge in [-0.05, 0) is 29.8 Å². The fourth-order valence-corrected chi connectivity index (χ4v) is 4.11. The summed E-state index contributed by atoms with van der Waals surface area (Å²) in [7, 11) is 0. The van der Waals surface area contributed by atoms with Crippen LogP contribution < -0.4 is 19.5 Å². The van der Waals surface area contributed by atoms with Crippen molar-refractivity contribution in [1.82, 2.24) is 10.2 Å². The van der Waals surface area contributed by atoms with E-state index >= 15 is 0 Å². The number of carbonyl (C=O) groups is 1. The number of nitrogens with zero attached hydrogens (tertiary/aromatic N) is 1. The van der Waals surface area contributed by atoms with Crippen molar-refractivity contribution in [3.63, 3.8) is 0 Å². The first kappa shape index (κ1) is 20.4. The van der Waals surface area contributed by atoms with Crippen molar-refractivity contribution in [3.8, 4) is 17.2 Å². The molecule has 3 aromatic rings. The molecule has 0 radical (unpaired) electrons. The van der Waals surface area contributed by atoms with Crippen molar-refractivity contribution < 1.29 is 19.0 Å². The Labute approximate surface area is 187 Å². The standard InChI is InChI=1S/C26H26N2O4/c29-26(20-10-11-23-24(16-20)31-15-14-30-23)27-12-13-28-17-21-8-4-5-9-22(21)32-25(18-28)19-6-2-1-3-7-19/h1-11,16,25H,12-15,17-18H2,(H,27,29). The number of hydrogen-bond acceptors (Lipinski definition) is 5. The second kappa shape index (κ2) is 9.32. The minimum atomic E-state index is -0.118. The van der Waals surface area contributed by atoms with Gasteiger partial charge in [0.1, 0.15) is 25.1 Å². The lowest BCUT2D eigenvalue weighted by molar-refractivity contribution is 0.0942. The quantitative estimate of drug-likeness (QED) is 0.667. The van der Waals surface area contributed by atoms with E-state index in [1.165, 1.54) is 0 Å². The number of hydrogen-bond donors (Lipinski definition) is 1. The predicted octanol–water partition coefficient (Wildman–Crippen LogP) is 3.82. The van der Waals surface area contributed by atoms with Crippen molar-refractivity contribution in [2.45, 2.75) is 12.6 Å². The van der Waals surface area contributed by atoms with Crippen molar-refractivity contribution in [2.24, 2.45) is 0 Å². The van der Waals surface area contributed by atoms with Gasteiger partial charge in [-0.3, -0.25) is 9.69 Å². The zero-order valence-corrected chi connectivity index (χ0v) is 17.8. The molecule has 0 fully saturated rings. The van der Waals surface area contributed by atoms with Crippen molar-refractivity contribution >= 4 is 5.91 Å². The normalized spacial score (nSPS) is 17.6. The SMILES string of the molecule is O=C(NCCN1Cc2ccccc2OC(c2ccccc2)C1)c1ccc2c(c1)OCCO2. The number of ether oxygens (including phenoxy) is 3. The van der Waals surface area contributed by atoms with Gasteiger partial charge in [0.15, 0.2) is 11.5 Å². The lowest BCUT2D eigenvalue weighted by atomic mass is 10.1. The molecule has 6 heteroatoms. The first-order valence-corrected chi connectivity index (χ1v) is 11.0. The van der Waals surface area contributed by atoms with Crippen LogP contribution in [0.2, 0.25) is 0 Å². The summed E-state index contributed by atoms with van der Waals surface area (Å²) in [6, 6.07) is 23.7. The van der Waals surface area contributed by atoms with Gasteiger partial charge in [0.25, 0.3) is 5.91 Å². The first-order valence-electron chi connectivity index (χ1n) is 11.0. The fraction of sp³-hybridized carbons (Fsp3) is 0.269. The summed E-state index contributed by atoms with van der Waals surface area (Å²) >= 11 is 0. The highest BCUT2D eigenvalue weighted by Gasteiger charge is 2.24. The van der Waals surface area contributed by atoms with Crippen LogP contribution >= 0.6 is 0 Å². The Morgan fingerprint density at radius 3 is 2.56 bits per heavy atom. The second-order valence-corrected chi connectivity index (χ2v) is 7.97. The molecular weight excluding hydrogens is 404 g/mol. The Bertz CT molecular complexity index is 1090. The minimum Gasteiger partial charge on any atom is -0.486 e. The molecule has 5 rings (SSSR count). The Balaban J connectivity index is 1.24. The summed E-state index contributed by atoms with van der Waals surface area (Å²) in [5, 5.41) is 3.03. The van der Waals surface area contributed by atoms with Gasteiger partial charge in [0.2, 0.25) is 0 Å². The zero-order chi connectivity index (χ0) is 21.8. The molecule has 32 heavy (non-hydrogen) atoms. The fourth-order valence-electron chi connectivity index (χ4n) is 4.11. The van der Waals surface area contributed by atoms with Crippen LogP contribution in [-0.4, -0.2) is 43.7 Å². The van der Waals surface area contributed by atoms with Gasteiger partial charge in [0.05, 0.1) is 0 Å². The topological polar surface area (TPSA) is 60.0 Å². The first-order chi connectivity index (χ1) is 15.8. The van der Waals surface area contributed by atoms with Gasteiger partial charge in [-0.25, -0.2) is 0 Å². The van der Waals surface area contributed by atoms with Crippen LogP contribution in [0.1, 0.15) is 27.6 Å². The second-order valence-electron chi connectivity index (χ2n) is 7.97. The Hall–Kier alpha value is -3.51. The van der Waals surface area contributed by atoms with Crippen molar-refractivity contribution in [2.75, 3.05) is 32.8 Å². The summed E-state index contributed by atoms with van der Waals surface area (Å²) in [6.45, 7) is 3.82. The van der Waals surface area contributed by atoms with Crippen LogP contribution in [0.25, 0.3) is 0 Å². The molecule has 0 spiro atoms. The molecule has 1 amide bonds. The van der Waals surface area contributed by atoms with E-state index in [1.807, 2.05) is 36.4 Å². The van der Waals surface area contributed by atoms with E-state index in [-0.39, 0.29) is 12.0 Å². The summed E-state index contributed by atoms with van der Waals surface area (Å²) < 4.78 is 17.5. The number of carbonyl (C=O) groups excluding carboxylic acids is 1. The van der Waals surface area contributed by atoms with Crippen LogP contribution in [0.3, 0.4) is 0 Å². The van der Waals surface area contributed by atoms with Gasteiger partial charge in [-0.1, -0.05) is 48.5 Å². The van der Waals surface area contributed by atoms with E-state index in [0.29, 0.717) is 36.8 Å². The average Bonchev–Trinajstić information content (AvgIpc) is 3.03. The molecule has 1 atom stereocenters. The molecule has 2 heterocycles. The monoisotopic (exact) mass is 430 g/mol. The van der Waals surface area contributed by atoms with Crippen LogP contribution in [0.5, 0.6) is 17.2 Å². The van der Waals surface area contributed by atoms with Crippen LogP contribution in [-0.2, 0) is 6.54 Å².